The van der Waals surface area contributed by atoms with Crippen molar-refractivity contribution in [1.29, 1.82) is 0 Å². The number of amides is 3. The Kier molecular flexibility index (Phi) is 12.5. The molecule has 0 N–H and O–H groups in total. The monoisotopic (exact) mass is 630 g/mol. The van der Waals surface area contributed by atoms with Gasteiger partial charge in [0.15, 0.2) is 5.29 Å². The van der Waals surface area contributed by atoms with Crippen LogP contribution in [0.25, 0.3) is 0 Å². The molecular weight excluding hydrogens is 592 g/mol. The SMILES string of the molecule is CC(C)Oc1ccccc1C(=O)N=NCC([SiH3])(N=NC(=O)c1ccccc1OC(C)C)N=NC(=O)c1ccccc1OC(C)C. The van der Waals surface area contributed by atoms with Gasteiger partial charge in [0.1, 0.15) is 23.8 Å². The molecule has 0 aliphatic heterocycles. The molecular formula is C32H38N6O6Si. The highest BCUT2D eigenvalue weighted by Crippen LogP contribution is 2.24. The van der Waals surface area contributed by atoms with Crippen molar-refractivity contribution >= 4 is 28.0 Å². The van der Waals surface area contributed by atoms with Crippen LogP contribution >= 0.6 is 0 Å². The zero-order chi connectivity index (χ0) is 33.0. The van der Waals surface area contributed by atoms with Gasteiger partial charge in [-0.1, -0.05) is 36.4 Å². The maximum absolute atomic E-state index is 13.1. The Balaban J connectivity index is 1.93. The van der Waals surface area contributed by atoms with E-state index in [1.54, 1.807) is 72.8 Å². The molecule has 0 heterocycles. The number of hydrogen-bond acceptors (Lipinski definition) is 9. The van der Waals surface area contributed by atoms with Gasteiger partial charge in [0, 0.05) is 0 Å². The van der Waals surface area contributed by atoms with E-state index in [0.717, 1.165) is 0 Å². The minimum Gasteiger partial charge on any atom is -0.490 e. The number of hydrogen-bond donors (Lipinski definition) is 0. The van der Waals surface area contributed by atoms with Crippen LogP contribution in [0.15, 0.2) is 103 Å². The number of para-hydroxylation sites is 3. The van der Waals surface area contributed by atoms with Crippen molar-refractivity contribution in [1.82, 2.24) is 0 Å². The topological polar surface area (TPSA) is 153 Å². The molecule has 0 atom stereocenters. The lowest BCUT2D eigenvalue weighted by Gasteiger charge is -2.15. The van der Waals surface area contributed by atoms with E-state index in [2.05, 4.69) is 30.7 Å². The second kappa shape index (κ2) is 16.2. The summed E-state index contributed by atoms with van der Waals surface area (Å²) >= 11 is 0. The molecule has 0 bridgehead atoms. The van der Waals surface area contributed by atoms with Gasteiger partial charge in [0.05, 0.1) is 45.2 Å². The molecule has 3 aromatic carbocycles. The van der Waals surface area contributed by atoms with Crippen LogP contribution in [0.3, 0.4) is 0 Å². The van der Waals surface area contributed by atoms with Crippen molar-refractivity contribution in [3.05, 3.63) is 89.5 Å². The van der Waals surface area contributed by atoms with Gasteiger partial charge in [-0.15, -0.1) is 15.3 Å². The third kappa shape index (κ3) is 10.6. The fraction of sp³-hybridized carbons (Fsp3) is 0.344. The minimum absolute atomic E-state index is 0.0957. The predicted molar refractivity (Wildman–Crippen MR) is 172 cm³/mol. The first kappa shape index (κ1) is 34.6. The van der Waals surface area contributed by atoms with E-state index in [1.165, 1.54) is 0 Å². The number of nitrogens with zero attached hydrogens (tertiary/aromatic N) is 6. The van der Waals surface area contributed by atoms with Crippen LogP contribution in [0, 0.1) is 0 Å². The largest absolute Gasteiger partial charge is 0.490 e. The molecule has 0 saturated carbocycles. The Hall–Kier alpha value is -4.91. The summed E-state index contributed by atoms with van der Waals surface area (Å²) in [4.78, 5) is 39.1. The molecule has 0 radical (unpaired) electrons. The van der Waals surface area contributed by atoms with Crippen molar-refractivity contribution in [3.8, 4) is 17.2 Å². The van der Waals surface area contributed by atoms with Crippen LogP contribution < -0.4 is 14.2 Å². The molecule has 13 heteroatoms. The molecule has 0 aromatic heterocycles. The zero-order valence-corrected chi connectivity index (χ0v) is 28.5. The second-order valence-electron chi connectivity index (χ2n) is 10.9. The van der Waals surface area contributed by atoms with Gasteiger partial charge in [0.2, 0.25) is 0 Å². The van der Waals surface area contributed by atoms with Crippen LogP contribution in [0.2, 0.25) is 0 Å². The molecule has 12 nitrogen and oxygen atoms in total. The number of ether oxygens (including phenoxy) is 3. The Morgan fingerprint density at radius 3 is 1.22 bits per heavy atom. The normalized spacial score (nSPS) is 13.3. The zero-order valence-electron chi connectivity index (χ0n) is 26.5. The maximum atomic E-state index is 13.1. The lowest BCUT2D eigenvalue weighted by atomic mass is 10.2. The molecule has 45 heavy (non-hydrogen) atoms. The summed E-state index contributed by atoms with van der Waals surface area (Å²) in [6.45, 7) is 10.7. The standard InChI is InChI=1S/C32H38N6O6Si/c1-20(2)42-26-16-10-7-13-23(26)29(39)34-33-19-32(45,37-35-30(40)24-14-8-11-17-27(24)43-21(3)4)38-36-31(41)25-15-9-12-18-28(25)44-22(5)6/h7-18,20-22H,19H2,1-6,45H3. The van der Waals surface area contributed by atoms with Gasteiger partial charge >= 0.3 is 0 Å². The van der Waals surface area contributed by atoms with Gasteiger partial charge < -0.3 is 14.2 Å². The second-order valence-corrected chi connectivity index (χ2v) is 12.5. The molecule has 0 saturated heterocycles. The van der Waals surface area contributed by atoms with Crippen molar-refractivity contribution in [2.24, 2.45) is 30.7 Å². The van der Waals surface area contributed by atoms with E-state index < -0.39 is 23.0 Å². The van der Waals surface area contributed by atoms with Gasteiger partial charge in [-0.3, -0.25) is 14.4 Å². The smallest absolute Gasteiger partial charge is 0.298 e. The average Bonchev–Trinajstić information content (AvgIpc) is 2.98. The number of carbonyl (C=O) groups excluding carboxylic acids is 3. The fourth-order valence-corrected chi connectivity index (χ4v) is 4.13. The lowest BCUT2D eigenvalue weighted by Crippen LogP contribution is -2.28. The lowest BCUT2D eigenvalue weighted by molar-refractivity contribution is 0.0972. The number of benzene rings is 3. The van der Waals surface area contributed by atoms with Gasteiger partial charge in [0.25, 0.3) is 17.7 Å². The quantitative estimate of drug-likeness (QED) is 0.161. The molecule has 0 aliphatic rings. The first-order valence-corrected chi connectivity index (χ1v) is 15.5. The number of azo groups is 3. The third-order valence-electron chi connectivity index (χ3n) is 5.68. The summed E-state index contributed by atoms with van der Waals surface area (Å²) in [7, 11) is 0.0957. The van der Waals surface area contributed by atoms with Gasteiger partial charge in [-0.2, -0.15) is 15.3 Å². The van der Waals surface area contributed by atoms with Crippen LogP contribution in [-0.2, 0) is 0 Å². The first-order chi connectivity index (χ1) is 21.4. The van der Waals surface area contributed by atoms with Crippen LogP contribution in [0.1, 0.15) is 72.6 Å². The summed E-state index contributed by atoms with van der Waals surface area (Å²) in [5.41, 5.74) is 0.627. The maximum Gasteiger partial charge on any atom is 0.298 e. The summed E-state index contributed by atoms with van der Waals surface area (Å²) in [6, 6.07) is 20.0. The van der Waals surface area contributed by atoms with Crippen LogP contribution in [0.4, 0.5) is 0 Å². The van der Waals surface area contributed by atoms with E-state index in [-0.39, 0.29) is 51.8 Å². The van der Waals surface area contributed by atoms with Crippen LogP contribution in [0.5, 0.6) is 17.2 Å². The third-order valence-corrected chi connectivity index (χ3v) is 6.40. The first-order valence-electron chi connectivity index (χ1n) is 14.5. The Morgan fingerprint density at radius 2 is 0.889 bits per heavy atom. The molecule has 0 unspecified atom stereocenters. The molecule has 0 spiro atoms. The summed E-state index contributed by atoms with van der Waals surface area (Å²) < 4.78 is 17.2. The van der Waals surface area contributed by atoms with Crippen molar-refractivity contribution in [2.75, 3.05) is 6.54 Å². The van der Waals surface area contributed by atoms with E-state index in [4.69, 9.17) is 14.2 Å². The molecule has 0 fully saturated rings. The van der Waals surface area contributed by atoms with Crippen molar-refractivity contribution < 1.29 is 28.6 Å². The number of rotatable bonds is 13. The van der Waals surface area contributed by atoms with Crippen LogP contribution in [-0.4, -0.2) is 58.1 Å². The highest BCUT2D eigenvalue weighted by Gasteiger charge is 2.26. The average molecular weight is 631 g/mol. The highest BCUT2D eigenvalue weighted by molar-refractivity contribution is 6.15. The minimum atomic E-state index is -1.55. The van der Waals surface area contributed by atoms with E-state index in [1.807, 2.05) is 41.5 Å². The molecule has 3 rings (SSSR count). The Labute approximate surface area is 265 Å². The molecule has 0 aliphatic carbocycles. The van der Waals surface area contributed by atoms with Gasteiger partial charge in [-0.25, -0.2) is 0 Å². The Bertz CT molecular complexity index is 1510. The molecule has 3 amide bonds. The fourth-order valence-electron chi connectivity index (χ4n) is 3.78. The Morgan fingerprint density at radius 1 is 0.578 bits per heavy atom. The van der Waals surface area contributed by atoms with E-state index in [0.29, 0.717) is 17.2 Å². The highest BCUT2D eigenvalue weighted by atomic mass is 28.1. The van der Waals surface area contributed by atoms with E-state index >= 15 is 0 Å². The van der Waals surface area contributed by atoms with E-state index in [9.17, 15) is 14.4 Å². The predicted octanol–water partition coefficient (Wildman–Crippen LogP) is 6.25. The molecule has 3 aromatic rings. The van der Waals surface area contributed by atoms with Crippen molar-refractivity contribution in [2.45, 2.75) is 65.1 Å². The number of carbonyl (C=O) groups is 3. The van der Waals surface area contributed by atoms with Crippen molar-refractivity contribution in [3.63, 3.8) is 0 Å². The van der Waals surface area contributed by atoms with Gasteiger partial charge in [-0.05, 0) is 77.9 Å². The summed E-state index contributed by atoms with van der Waals surface area (Å²) in [5, 5.41) is 22.4. The molecule has 236 valence electrons. The summed E-state index contributed by atoms with van der Waals surface area (Å²) in [6.07, 6.45) is -0.511. The summed E-state index contributed by atoms with van der Waals surface area (Å²) in [5.74, 6) is -0.944.